The van der Waals surface area contributed by atoms with Crippen molar-refractivity contribution < 1.29 is 14.3 Å². The quantitative estimate of drug-likeness (QED) is 0.390. The van der Waals surface area contributed by atoms with E-state index >= 15 is 0 Å². The Hall–Kier alpha value is -3.29. The number of likely N-dealkylation sites (N-methyl/N-ethyl adjacent to an activating group) is 1. The third kappa shape index (κ3) is 4.17. The molecule has 2 aromatic heterocycles. The molecule has 1 N–H and O–H groups in total. The zero-order valence-corrected chi connectivity index (χ0v) is 20.2. The summed E-state index contributed by atoms with van der Waals surface area (Å²) in [6, 6.07) is 11.7. The van der Waals surface area contributed by atoms with E-state index in [1.807, 2.05) is 50.6 Å². The van der Waals surface area contributed by atoms with Gasteiger partial charge in [-0.15, -0.1) is 0 Å². The van der Waals surface area contributed by atoms with Crippen molar-refractivity contribution in [2.45, 2.75) is 13.0 Å². The summed E-state index contributed by atoms with van der Waals surface area (Å²) in [5.74, 6) is 1.25. The maximum atomic E-state index is 13.7. The second-order valence-corrected chi connectivity index (χ2v) is 9.35. The first kappa shape index (κ1) is 22.5. The fraction of sp³-hybridized carbons (Fsp3) is 0.308. The Labute approximate surface area is 203 Å². The molecule has 0 spiro atoms. The van der Waals surface area contributed by atoms with Crippen LogP contribution < -0.4 is 9.47 Å². The Morgan fingerprint density at radius 3 is 2.94 bits per heavy atom. The van der Waals surface area contributed by atoms with Crippen LogP contribution in [0.1, 0.15) is 15.9 Å². The van der Waals surface area contributed by atoms with E-state index in [1.165, 1.54) is 0 Å². The number of rotatable bonds is 7. The lowest BCUT2D eigenvalue weighted by Gasteiger charge is -2.24. The highest BCUT2D eigenvalue weighted by Crippen LogP contribution is 2.35. The van der Waals surface area contributed by atoms with Crippen LogP contribution in [-0.2, 0) is 13.0 Å². The van der Waals surface area contributed by atoms with Crippen LogP contribution in [0.3, 0.4) is 0 Å². The van der Waals surface area contributed by atoms with Crippen LogP contribution in [0.4, 0.5) is 0 Å². The molecular weight excluding hydrogens is 452 g/mol. The molecule has 176 valence electrons. The number of carbonyl (C=O) groups is 1. The number of hydrogen-bond donors (Lipinski definition) is 1. The third-order valence-corrected chi connectivity index (χ3v) is 6.59. The molecule has 0 amide bonds. The molecule has 0 saturated heterocycles. The zero-order valence-electron chi connectivity index (χ0n) is 19.5. The highest BCUT2D eigenvalue weighted by molar-refractivity contribution is 6.30. The first-order chi connectivity index (χ1) is 16.4. The zero-order chi connectivity index (χ0) is 23.8. The van der Waals surface area contributed by atoms with Gasteiger partial charge in [0.2, 0.25) is 5.88 Å². The molecule has 0 unspecified atom stereocenters. The number of methoxy groups -OCH3 is 1. The highest BCUT2D eigenvalue weighted by Gasteiger charge is 2.29. The highest BCUT2D eigenvalue weighted by atomic mass is 35.5. The van der Waals surface area contributed by atoms with Gasteiger partial charge in [0.1, 0.15) is 5.75 Å². The first-order valence-electron chi connectivity index (χ1n) is 11.3. The predicted molar refractivity (Wildman–Crippen MR) is 133 cm³/mol. The molecule has 5 rings (SSSR count). The lowest BCUT2D eigenvalue weighted by Crippen LogP contribution is -2.28. The molecule has 7 nitrogen and oxygen atoms in total. The molecule has 0 radical (unpaired) electrons. The Kier molecular flexibility index (Phi) is 6.06. The Morgan fingerprint density at radius 2 is 2.15 bits per heavy atom. The number of nitrogens with zero attached hydrogens (tertiary/aromatic N) is 3. The fourth-order valence-corrected chi connectivity index (χ4v) is 4.73. The van der Waals surface area contributed by atoms with E-state index in [2.05, 4.69) is 25.7 Å². The second kappa shape index (κ2) is 9.16. The predicted octanol–water partition coefficient (Wildman–Crippen LogP) is 4.69. The molecule has 34 heavy (non-hydrogen) atoms. The Balaban J connectivity index is 1.53. The number of aromatic amines is 1. The minimum absolute atomic E-state index is 0.0906. The molecule has 0 bridgehead atoms. The monoisotopic (exact) mass is 478 g/mol. The number of ether oxygens (including phenoxy) is 2. The summed E-state index contributed by atoms with van der Waals surface area (Å²) in [6.45, 7) is 1.99. The van der Waals surface area contributed by atoms with Crippen LogP contribution >= 0.6 is 11.6 Å². The number of nitrogens with one attached hydrogen (secondary N) is 1. The van der Waals surface area contributed by atoms with Gasteiger partial charge in [0.05, 0.1) is 31.4 Å². The summed E-state index contributed by atoms with van der Waals surface area (Å²) in [7, 11) is 5.70. The van der Waals surface area contributed by atoms with Crippen LogP contribution in [0, 0.1) is 5.92 Å². The van der Waals surface area contributed by atoms with E-state index in [0.29, 0.717) is 23.9 Å². The first-order valence-corrected chi connectivity index (χ1v) is 11.6. The van der Waals surface area contributed by atoms with Gasteiger partial charge in [0.25, 0.3) is 0 Å². The van der Waals surface area contributed by atoms with Crippen LogP contribution in [0.15, 0.2) is 48.8 Å². The molecule has 4 aromatic rings. The Bertz CT molecular complexity index is 1360. The molecule has 1 atom stereocenters. The van der Waals surface area contributed by atoms with Gasteiger partial charge in [0.15, 0.2) is 5.78 Å². The summed E-state index contributed by atoms with van der Waals surface area (Å²) in [6.07, 6.45) is 4.35. The second-order valence-electron chi connectivity index (χ2n) is 8.92. The normalized spacial score (nSPS) is 15.4. The summed E-state index contributed by atoms with van der Waals surface area (Å²) in [4.78, 5) is 15.8. The molecule has 2 aromatic carbocycles. The summed E-state index contributed by atoms with van der Waals surface area (Å²) >= 11 is 6.18. The van der Waals surface area contributed by atoms with E-state index in [1.54, 1.807) is 13.3 Å². The van der Waals surface area contributed by atoms with Gasteiger partial charge < -0.3 is 18.9 Å². The smallest absolute Gasteiger partial charge is 0.216 e. The van der Waals surface area contributed by atoms with Crippen molar-refractivity contribution >= 4 is 28.3 Å². The third-order valence-electron chi connectivity index (χ3n) is 6.36. The van der Waals surface area contributed by atoms with Gasteiger partial charge in [0, 0.05) is 40.8 Å². The van der Waals surface area contributed by atoms with Gasteiger partial charge >= 0.3 is 0 Å². The number of carbonyl (C=O) groups excluding carboxylic acids is 1. The molecular formula is C26H27ClN4O3. The van der Waals surface area contributed by atoms with Crippen LogP contribution in [0.2, 0.25) is 5.02 Å². The standard InChI is InChI=1S/C26H27ClN4O3/c1-30(2)8-9-31-14-22(25(32)18-10-17-11-19(27)5-7-24(17)34-15-18)20-6-4-16(12-23(20)31)21-13-28-29-26(21)33-3/h4-7,11-14,18H,8-10,15H2,1-3H3,(H,28,29)/t18-/m1/s1. The number of aromatic nitrogens is 3. The maximum absolute atomic E-state index is 13.7. The number of fused-ring (bicyclic) bond motifs is 2. The van der Waals surface area contributed by atoms with Crippen molar-refractivity contribution in [3.63, 3.8) is 0 Å². The van der Waals surface area contributed by atoms with E-state index < -0.39 is 0 Å². The van der Waals surface area contributed by atoms with Crippen molar-refractivity contribution in [2.75, 3.05) is 34.4 Å². The van der Waals surface area contributed by atoms with Crippen molar-refractivity contribution in [1.82, 2.24) is 19.7 Å². The number of benzene rings is 2. The van der Waals surface area contributed by atoms with Crippen LogP contribution in [0.5, 0.6) is 11.6 Å². The van der Waals surface area contributed by atoms with Crippen LogP contribution in [-0.4, -0.2) is 59.8 Å². The van der Waals surface area contributed by atoms with Gasteiger partial charge in [-0.3, -0.25) is 4.79 Å². The van der Waals surface area contributed by atoms with Gasteiger partial charge in [-0.05, 0) is 55.9 Å². The molecule has 3 heterocycles. The molecule has 0 fully saturated rings. The summed E-state index contributed by atoms with van der Waals surface area (Å²) < 4.78 is 13.5. The van der Waals surface area contributed by atoms with Gasteiger partial charge in [-0.2, -0.15) is 5.10 Å². The van der Waals surface area contributed by atoms with E-state index in [-0.39, 0.29) is 11.7 Å². The van der Waals surface area contributed by atoms with E-state index in [0.717, 1.165) is 52.0 Å². The van der Waals surface area contributed by atoms with Crippen molar-refractivity contribution in [2.24, 2.45) is 5.92 Å². The molecule has 1 aliphatic heterocycles. The van der Waals surface area contributed by atoms with E-state index in [9.17, 15) is 4.79 Å². The average molecular weight is 479 g/mol. The number of ketones is 1. The lowest BCUT2D eigenvalue weighted by molar-refractivity contribution is 0.0856. The molecule has 8 heteroatoms. The van der Waals surface area contributed by atoms with Gasteiger partial charge in [-0.25, -0.2) is 5.10 Å². The topological polar surface area (TPSA) is 72.4 Å². The minimum Gasteiger partial charge on any atom is -0.493 e. The molecule has 0 saturated carbocycles. The number of hydrogen-bond acceptors (Lipinski definition) is 5. The van der Waals surface area contributed by atoms with Crippen molar-refractivity contribution in [3.05, 3.63) is 64.9 Å². The molecule has 0 aliphatic carbocycles. The largest absolute Gasteiger partial charge is 0.493 e. The minimum atomic E-state index is -0.257. The Morgan fingerprint density at radius 1 is 1.29 bits per heavy atom. The summed E-state index contributed by atoms with van der Waals surface area (Å²) in [5, 5.41) is 8.57. The maximum Gasteiger partial charge on any atom is 0.216 e. The average Bonchev–Trinajstić information content (AvgIpc) is 3.46. The molecule has 1 aliphatic rings. The fourth-order valence-electron chi connectivity index (χ4n) is 4.54. The van der Waals surface area contributed by atoms with Gasteiger partial charge in [-0.1, -0.05) is 23.7 Å². The van der Waals surface area contributed by atoms with Crippen molar-refractivity contribution in [1.29, 1.82) is 0 Å². The van der Waals surface area contributed by atoms with Crippen molar-refractivity contribution in [3.8, 4) is 22.8 Å². The van der Waals surface area contributed by atoms with E-state index in [4.69, 9.17) is 21.1 Å². The number of Topliss-reactive ketones (excluding diaryl/α,β-unsaturated/α-hetero) is 1. The number of halogens is 1. The van der Waals surface area contributed by atoms with Crippen LogP contribution in [0.25, 0.3) is 22.0 Å². The lowest BCUT2D eigenvalue weighted by atomic mass is 9.89. The SMILES string of the molecule is COc1[nH]ncc1-c1ccc2c(C(=O)[C@H]3COc4ccc(Cl)cc4C3)cn(CCN(C)C)c2c1. The summed E-state index contributed by atoms with van der Waals surface area (Å²) in [5.41, 5.74) is 4.56. The number of H-pyrrole nitrogens is 1.